The minimum Gasteiger partial charge on any atom is -0.353 e. The number of H-pyrrole nitrogens is 1. The number of benzene rings is 2. The molecule has 5 nitrogen and oxygen atoms in total. The minimum absolute atomic E-state index is 0.0634. The van der Waals surface area contributed by atoms with E-state index in [0.717, 1.165) is 23.9 Å². The van der Waals surface area contributed by atoms with E-state index in [0.29, 0.717) is 28.3 Å². The van der Waals surface area contributed by atoms with E-state index in [2.05, 4.69) is 10.3 Å². The van der Waals surface area contributed by atoms with Gasteiger partial charge in [0.1, 0.15) is 0 Å². The van der Waals surface area contributed by atoms with Crippen LogP contribution in [0.25, 0.3) is 16.6 Å². The van der Waals surface area contributed by atoms with E-state index in [1.165, 1.54) is 36.7 Å². The van der Waals surface area contributed by atoms with E-state index in [1.807, 2.05) is 42.5 Å². The Balaban J connectivity index is 1.48. The maximum atomic E-state index is 12.9. The molecule has 1 saturated carbocycles. The van der Waals surface area contributed by atoms with Crippen molar-refractivity contribution in [2.75, 3.05) is 0 Å². The molecule has 1 amide bonds. The van der Waals surface area contributed by atoms with Crippen molar-refractivity contribution in [3.05, 3.63) is 69.2 Å². The van der Waals surface area contributed by atoms with Gasteiger partial charge in [0.05, 0.1) is 23.0 Å². The summed E-state index contributed by atoms with van der Waals surface area (Å²) in [5, 5.41) is 3.80. The van der Waals surface area contributed by atoms with Gasteiger partial charge in [0.15, 0.2) is 4.77 Å². The number of rotatable bonds is 4. The number of para-hydroxylation sites is 1. The number of hydrogen-bond acceptors (Lipinski definition) is 3. The van der Waals surface area contributed by atoms with E-state index in [-0.39, 0.29) is 11.5 Å². The molecular formula is C24H27N3O2S. The molecule has 156 valence electrons. The third-order valence-electron chi connectivity index (χ3n) is 5.83. The zero-order valence-corrected chi connectivity index (χ0v) is 17.8. The van der Waals surface area contributed by atoms with Crippen LogP contribution in [-0.4, -0.2) is 21.5 Å². The maximum absolute atomic E-state index is 12.9. The van der Waals surface area contributed by atoms with Crippen molar-refractivity contribution >= 4 is 29.0 Å². The molecule has 2 aromatic carbocycles. The largest absolute Gasteiger partial charge is 0.353 e. The van der Waals surface area contributed by atoms with Crippen LogP contribution in [0.4, 0.5) is 0 Å². The molecule has 1 aliphatic rings. The van der Waals surface area contributed by atoms with Crippen molar-refractivity contribution < 1.29 is 4.79 Å². The monoisotopic (exact) mass is 421 g/mol. The Morgan fingerprint density at radius 2 is 1.67 bits per heavy atom. The Kier molecular flexibility index (Phi) is 6.43. The zero-order valence-electron chi connectivity index (χ0n) is 17.0. The highest BCUT2D eigenvalue weighted by atomic mass is 32.1. The highest BCUT2D eigenvalue weighted by Gasteiger charge is 2.14. The zero-order chi connectivity index (χ0) is 20.9. The molecule has 0 radical (unpaired) electrons. The number of amides is 1. The van der Waals surface area contributed by atoms with Gasteiger partial charge in [-0.2, -0.15) is 0 Å². The Morgan fingerprint density at radius 1 is 1.00 bits per heavy atom. The van der Waals surface area contributed by atoms with Crippen LogP contribution in [0.1, 0.15) is 50.5 Å². The summed E-state index contributed by atoms with van der Waals surface area (Å²) in [7, 11) is 0. The van der Waals surface area contributed by atoms with Crippen molar-refractivity contribution in [2.24, 2.45) is 0 Å². The molecule has 2 N–H and O–H groups in total. The third-order valence-corrected chi connectivity index (χ3v) is 6.12. The first kappa shape index (κ1) is 20.5. The summed E-state index contributed by atoms with van der Waals surface area (Å²) in [6.07, 6.45) is 8.74. The molecule has 0 unspecified atom stereocenters. The normalized spacial score (nSPS) is 15.5. The van der Waals surface area contributed by atoms with Gasteiger partial charge in [-0.15, -0.1) is 0 Å². The molecule has 0 saturated heterocycles. The average molecular weight is 422 g/mol. The summed E-state index contributed by atoms with van der Waals surface area (Å²) in [5.74, 6) is 0.0634. The van der Waals surface area contributed by atoms with Crippen LogP contribution in [0, 0.1) is 4.77 Å². The van der Waals surface area contributed by atoms with Crippen LogP contribution >= 0.6 is 12.2 Å². The fourth-order valence-electron chi connectivity index (χ4n) is 4.22. The third kappa shape index (κ3) is 4.70. The van der Waals surface area contributed by atoms with Gasteiger partial charge in [0.2, 0.25) is 5.91 Å². The van der Waals surface area contributed by atoms with Gasteiger partial charge in [0, 0.05) is 6.04 Å². The number of fused-ring (bicyclic) bond motifs is 1. The predicted octanol–water partition coefficient (Wildman–Crippen LogP) is 4.82. The van der Waals surface area contributed by atoms with Gasteiger partial charge in [-0.1, -0.05) is 56.4 Å². The van der Waals surface area contributed by atoms with Crippen LogP contribution < -0.4 is 10.9 Å². The number of carbonyl (C=O) groups excluding carboxylic acids is 1. The second-order valence-electron chi connectivity index (χ2n) is 8.07. The standard InChI is InChI=1S/C24H27N3O2S/c28-22(25-18-8-4-2-1-3-5-9-18)16-17-12-14-19(15-13-17)27-23(29)20-10-6-7-11-21(20)26-24(27)30/h6-7,10-15,18H,1-5,8-9,16H2,(H,25,28)(H,26,30). The van der Waals surface area contributed by atoms with Crippen LogP contribution in [0.3, 0.4) is 0 Å². The van der Waals surface area contributed by atoms with Gasteiger partial charge in [-0.3, -0.25) is 14.2 Å². The molecule has 0 bridgehead atoms. The van der Waals surface area contributed by atoms with Gasteiger partial charge in [-0.25, -0.2) is 0 Å². The molecule has 0 spiro atoms. The number of aromatic amines is 1. The first-order valence-corrected chi connectivity index (χ1v) is 11.2. The fraction of sp³-hybridized carbons (Fsp3) is 0.375. The van der Waals surface area contributed by atoms with Crippen LogP contribution in [-0.2, 0) is 11.2 Å². The molecule has 6 heteroatoms. The molecule has 1 heterocycles. The molecule has 1 aliphatic carbocycles. The lowest BCUT2D eigenvalue weighted by molar-refractivity contribution is -0.121. The fourth-order valence-corrected chi connectivity index (χ4v) is 4.52. The number of nitrogens with one attached hydrogen (secondary N) is 2. The number of aromatic nitrogens is 2. The predicted molar refractivity (Wildman–Crippen MR) is 123 cm³/mol. The van der Waals surface area contributed by atoms with Crippen molar-refractivity contribution in [1.29, 1.82) is 0 Å². The Bertz CT molecular complexity index is 1140. The van der Waals surface area contributed by atoms with Crippen molar-refractivity contribution in [3.63, 3.8) is 0 Å². The Hall–Kier alpha value is -2.73. The van der Waals surface area contributed by atoms with E-state index in [9.17, 15) is 9.59 Å². The van der Waals surface area contributed by atoms with Gasteiger partial charge >= 0.3 is 0 Å². The van der Waals surface area contributed by atoms with Crippen LogP contribution in [0.5, 0.6) is 0 Å². The summed E-state index contributed by atoms with van der Waals surface area (Å²) in [4.78, 5) is 28.5. The quantitative estimate of drug-likeness (QED) is 0.594. The molecular weight excluding hydrogens is 394 g/mol. The van der Waals surface area contributed by atoms with E-state index >= 15 is 0 Å². The average Bonchev–Trinajstić information content (AvgIpc) is 2.71. The summed E-state index contributed by atoms with van der Waals surface area (Å²) in [5.41, 5.74) is 2.19. The number of carbonyl (C=O) groups is 1. The molecule has 1 fully saturated rings. The first-order valence-electron chi connectivity index (χ1n) is 10.7. The maximum Gasteiger partial charge on any atom is 0.266 e. The Morgan fingerprint density at radius 3 is 2.40 bits per heavy atom. The lowest BCUT2D eigenvalue weighted by atomic mass is 9.96. The van der Waals surface area contributed by atoms with Crippen molar-refractivity contribution in [2.45, 2.75) is 57.4 Å². The summed E-state index contributed by atoms with van der Waals surface area (Å²) >= 11 is 5.41. The molecule has 0 atom stereocenters. The summed E-state index contributed by atoms with van der Waals surface area (Å²) in [6.45, 7) is 0. The smallest absolute Gasteiger partial charge is 0.266 e. The van der Waals surface area contributed by atoms with E-state index < -0.39 is 0 Å². The summed E-state index contributed by atoms with van der Waals surface area (Å²) in [6, 6.07) is 15.1. The van der Waals surface area contributed by atoms with Crippen LogP contribution in [0.15, 0.2) is 53.3 Å². The van der Waals surface area contributed by atoms with Gasteiger partial charge in [-0.05, 0) is 54.9 Å². The molecule has 1 aromatic heterocycles. The van der Waals surface area contributed by atoms with Gasteiger partial charge in [0.25, 0.3) is 5.56 Å². The second-order valence-corrected chi connectivity index (χ2v) is 8.46. The SMILES string of the molecule is O=C(Cc1ccc(-n2c(=S)[nH]c3ccccc3c2=O)cc1)NC1CCCCCCC1. The lowest BCUT2D eigenvalue weighted by Gasteiger charge is -2.21. The highest BCUT2D eigenvalue weighted by Crippen LogP contribution is 2.17. The molecule has 4 rings (SSSR count). The second kappa shape index (κ2) is 9.39. The first-order chi connectivity index (χ1) is 14.6. The number of hydrogen-bond donors (Lipinski definition) is 2. The minimum atomic E-state index is -0.149. The summed E-state index contributed by atoms with van der Waals surface area (Å²) < 4.78 is 1.85. The van der Waals surface area contributed by atoms with Crippen LogP contribution in [0.2, 0.25) is 0 Å². The number of nitrogens with zero attached hydrogens (tertiary/aromatic N) is 1. The van der Waals surface area contributed by atoms with E-state index in [1.54, 1.807) is 6.07 Å². The lowest BCUT2D eigenvalue weighted by Crippen LogP contribution is -2.36. The Labute approximate surface area is 181 Å². The molecule has 3 aromatic rings. The topological polar surface area (TPSA) is 66.9 Å². The molecule has 0 aliphatic heterocycles. The van der Waals surface area contributed by atoms with Crippen molar-refractivity contribution in [1.82, 2.24) is 14.9 Å². The van der Waals surface area contributed by atoms with E-state index in [4.69, 9.17) is 12.2 Å². The highest BCUT2D eigenvalue weighted by molar-refractivity contribution is 7.71. The van der Waals surface area contributed by atoms with Crippen molar-refractivity contribution in [3.8, 4) is 5.69 Å². The van der Waals surface area contributed by atoms with Gasteiger partial charge < -0.3 is 10.3 Å². The molecule has 30 heavy (non-hydrogen) atoms.